The van der Waals surface area contributed by atoms with E-state index < -0.39 is 5.82 Å². The predicted molar refractivity (Wildman–Crippen MR) is 75.0 cm³/mol. The number of oxime groups is 1. The summed E-state index contributed by atoms with van der Waals surface area (Å²) in [7, 11) is 0. The van der Waals surface area contributed by atoms with E-state index in [0.29, 0.717) is 18.6 Å². The van der Waals surface area contributed by atoms with Gasteiger partial charge in [0, 0.05) is 16.9 Å². The molecule has 1 aromatic carbocycles. The summed E-state index contributed by atoms with van der Waals surface area (Å²) in [5.74, 6) is -0.549. The van der Waals surface area contributed by atoms with Crippen molar-refractivity contribution in [2.24, 2.45) is 10.9 Å². The number of benzene rings is 1. The molecule has 2 rings (SSSR count). The van der Waals surface area contributed by atoms with Crippen molar-refractivity contribution >= 4 is 17.2 Å². The number of amidine groups is 1. The van der Waals surface area contributed by atoms with E-state index in [4.69, 9.17) is 15.7 Å². The summed E-state index contributed by atoms with van der Waals surface area (Å²) in [5.41, 5.74) is 8.43. The standard InChI is InChI=1S/C13H14FN3O2S/c1-8-12(20-7-16-8)4-5-19-11-3-2-9(6-10(11)14)13(15)17-18/h2-3,6-7,18H,4-5H2,1H3,(H2,15,17). The number of aromatic nitrogens is 1. The lowest BCUT2D eigenvalue weighted by Gasteiger charge is -2.08. The van der Waals surface area contributed by atoms with Crippen molar-refractivity contribution in [3.63, 3.8) is 0 Å². The van der Waals surface area contributed by atoms with Gasteiger partial charge < -0.3 is 15.7 Å². The van der Waals surface area contributed by atoms with Crippen molar-refractivity contribution < 1.29 is 14.3 Å². The number of rotatable bonds is 5. The van der Waals surface area contributed by atoms with Crippen LogP contribution in [-0.2, 0) is 6.42 Å². The van der Waals surface area contributed by atoms with E-state index in [2.05, 4.69) is 10.1 Å². The third-order valence-corrected chi connectivity index (χ3v) is 3.76. The molecule has 0 amide bonds. The van der Waals surface area contributed by atoms with E-state index in [0.717, 1.165) is 10.6 Å². The topological polar surface area (TPSA) is 80.7 Å². The van der Waals surface area contributed by atoms with E-state index >= 15 is 0 Å². The van der Waals surface area contributed by atoms with Crippen LogP contribution in [0.1, 0.15) is 16.1 Å². The van der Waals surface area contributed by atoms with Gasteiger partial charge in [0.2, 0.25) is 0 Å². The monoisotopic (exact) mass is 295 g/mol. The normalized spacial score (nSPS) is 11.6. The number of hydrogen-bond donors (Lipinski definition) is 2. The van der Waals surface area contributed by atoms with Crippen LogP contribution >= 0.6 is 11.3 Å². The summed E-state index contributed by atoms with van der Waals surface area (Å²) in [6.45, 7) is 2.29. The molecule has 7 heteroatoms. The van der Waals surface area contributed by atoms with Crippen LogP contribution in [0.4, 0.5) is 4.39 Å². The quantitative estimate of drug-likeness (QED) is 0.384. The zero-order valence-corrected chi connectivity index (χ0v) is 11.7. The minimum absolute atomic E-state index is 0.140. The number of halogens is 1. The summed E-state index contributed by atoms with van der Waals surface area (Å²) in [5, 5.41) is 11.3. The summed E-state index contributed by atoms with van der Waals surface area (Å²) >= 11 is 1.55. The number of nitrogens with two attached hydrogens (primary N) is 1. The SMILES string of the molecule is Cc1ncsc1CCOc1ccc(/C(N)=N/O)cc1F. The Kier molecular flexibility index (Phi) is 4.52. The minimum atomic E-state index is -0.546. The average Bonchev–Trinajstić information content (AvgIpc) is 2.85. The second-order valence-electron chi connectivity index (χ2n) is 4.09. The molecule has 0 radical (unpaired) electrons. The van der Waals surface area contributed by atoms with Gasteiger partial charge in [0.15, 0.2) is 17.4 Å². The fraction of sp³-hybridized carbons (Fsp3) is 0.231. The molecule has 1 aromatic heterocycles. The second-order valence-corrected chi connectivity index (χ2v) is 5.03. The molecule has 5 nitrogen and oxygen atoms in total. The minimum Gasteiger partial charge on any atom is -0.490 e. The summed E-state index contributed by atoms with van der Waals surface area (Å²) < 4.78 is 19.2. The Morgan fingerprint density at radius 2 is 2.35 bits per heavy atom. The van der Waals surface area contributed by atoms with Crippen LogP contribution in [0.25, 0.3) is 0 Å². The van der Waals surface area contributed by atoms with Crippen molar-refractivity contribution in [2.75, 3.05) is 6.61 Å². The van der Waals surface area contributed by atoms with Crippen molar-refractivity contribution in [3.8, 4) is 5.75 Å². The molecule has 0 saturated carbocycles. The maximum atomic E-state index is 13.8. The van der Waals surface area contributed by atoms with Crippen LogP contribution in [0.3, 0.4) is 0 Å². The van der Waals surface area contributed by atoms with Crippen molar-refractivity contribution in [2.45, 2.75) is 13.3 Å². The van der Waals surface area contributed by atoms with Gasteiger partial charge >= 0.3 is 0 Å². The summed E-state index contributed by atoms with van der Waals surface area (Å²) in [6.07, 6.45) is 0.679. The first-order valence-electron chi connectivity index (χ1n) is 5.91. The highest BCUT2D eigenvalue weighted by atomic mass is 32.1. The lowest BCUT2D eigenvalue weighted by atomic mass is 10.2. The van der Waals surface area contributed by atoms with E-state index in [1.807, 2.05) is 6.92 Å². The van der Waals surface area contributed by atoms with Crippen molar-refractivity contribution in [1.82, 2.24) is 4.98 Å². The Morgan fingerprint density at radius 3 is 2.95 bits per heavy atom. The van der Waals surface area contributed by atoms with Crippen LogP contribution in [0.15, 0.2) is 28.9 Å². The number of hydrogen-bond acceptors (Lipinski definition) is 5. The molecule has 0 aliphatic heterocycles. The first-order valence-corrected chi connectivity index (χ1v) is 6.79. The molecule has 0 atom stereocenters. The van der Waals surface area contributed by atoms with Gasteiger partial charge in [-0.2, -0.15) is 0 Å². The van der Waals surface area contributed by atoms with E-state index in [9.17, 15) is 4.39 Å². The third-order valence-electron chi connectivity index (χ3n) is 2.77. The van der Waals surface area contributed by atoms with Gasteiger partial charge in [-0.3, -0.25) is 0 Å². The van der Waals surface area contributed by atoms with Gasteiger partial charge in [0.05, 0.1) is 17.8 Å². The molecule has 20 heavy (non-hydrogen) atoms. The van der Waals surface area contributed by atoms with Crippen LogP contribution in [0.5, 0.6) is 5.75 Å². The van der Waals surface area contributed by atoms with Gasteiger partial charge in [0.25, 0.3) is 0 Å². The van der Waals surface area contributed by atoms with Gasteiger partial charge in [-0.25, -0.2) is 9.37 Å². The predicted octanol–water partition coefficient (Wildman–Crippen LogP) is 2.31. The number of thiazole rings is 1. The summed E-state index contributed by atoms with van der Waals surface area (Å²) in [6, 6.07) is 4.16. The molecular formula is C13H14FN3O2S. The molecule has 0 unspecified atom stereocenters. The lowest BCUT2D eigenvalue weighted by Crippen LogP contribution is -2.13. The van der Waals surface area contributed by atoms with Crippen LogP contribution < -0.4 is 10.5 Å². The molecule has 0 spiro atoms. The highest BCUT2D eigenvalue weighted by Crippen LogP contribution is 2.19. The van der Waals surface area contributed by atoms with E-state index in [1.165, 1.54) is 18.2 Å². The highest BCUT2D eigenvalue weighted by molar-refractivity contribution is 7.09. The van der Waals surface area contributed by atoms with Gasteiger partial charge in [-0.05, 0) is 25.1 Å². The van der Waals surface area contributed by atoms with Crippen molar-refractivity contribution in [1.29, 1.82) is 0 Å². The molecule has 0 bridgehead atoms. The second kappa shape index (κ2) is 6.33. The van der Waals surface area contributed by atoms with E-state index in [1.54, 1.807) is 16.8 Å². The molecule has 0 fully saturated rings. The Labute approximate surface area is 119 Å². The molecule has 0 saturated heterocycles. The molecule has 2 aromatic rings. The molecule has 3 N–H and O–H groups in total. The molecule has 0 aliphatic carbocycles. The number of aryl methyl sites for hydroxylation is 1. The zero-order valence-electron chi connectivity index (χ0n) is 10.8. The van der Waals surface area contributed by atoms with Crippen LogP contribution in [0.2, 0.25) is 0 Å². The smallest absolute Gasteiger partial charge is 0.170 e. The van der Waals surface area contributed by atoms with Crippen LogP contribution in [0, 0.1) is 12.7 Å². The fourth-order valence-electron chi connectivity index (χ4n) is 1.65. The Hall–Kier alpha value is -2.15. The fourth-order valence-corrected chi connectivity index (χ4v) is 2.42. The van der Waals surface area contributed by atoms with E-state index in [-0.39, 0.29) is 11.6 Å². The average molecular weight is 295 g/mol. The molecule has 106 valence electrons. The first kappa shape index (κ1) is 14.3. The maximum absolute atomic E-state index is 13.8. The molecule has 0 aliphatic rings. The van der Waals surface area contributed by atoms with Gasteiger partial charge in [-0.15, -0.1) is 11.3 Å². The third kappa shape index (κ3) is 3.24. The molecular weight excluding hydrogens is 281 g/mol. The van der Waals surface area contributed by atoms with Gasteiger partial charge in [0.1, 0.15) is 0 Å². The molecule has 1 heterocycles. The maximum Gasteiger partial charge on any atom is 0.170 e. The number of nitrogens with zero attached hydrogens (tertiary/aromatic N) is 2. The van der Waals surface area contributed by atoms with Crippen molar-refractivity contribution in [3.05, 3.63) is 45.7 Å². The van der Waals surface area contributed by atoms with Crippen LogP contribution in [-0.4, -0.2) is 22.6 Å². The number of ether oxygens (including phenoxy) is 1. The Bertz CT molecular complexity index is 628. The Balaban J connectivity index is 1.98. The lowest BCUT2D eigenvalue weighted by molar-refractivity contribution is 0.305. The highest BCUT2D eigenvalue weighted by Gasteiger charge is 2.08. The largest absolute Gasteiger partial charge is 0.490 e. The zero-order chi connectivity index (χ0) is 14.5. The first-order chi connectivity index (χ1) is 9.61. The summed E-state index contributed by atoms with van der Waals surface area (Å²) in [4.78, 5) is 5.26. The Morgan fingerprint density at radius 1 is 1.55 bits per heavy atom. The van der Waals surface area contributed by atoms with Gasteiger partial charge in [-0.1, -0.05) is 5.16 Å².